The highest BCUT2D eigenvalue weighted by atomic mass is 16.6. The molecular formula is C75H124O6. The molecule has 81 heavy (non-hydrogen) atoms. The predicted octanol–water partition coefficient (Wildman–Crippen LogP) is 23.3. The number of hydrogen-bond acceptors (Lipinski definition) is 6. The molecule has 1 atom stereocenters. The van der Waals surface area contributed by atoms with Crippen LogP contribution in [0.1, 0.15) is 303 Å². The normalized spacial score (nSPS) is 13.0. The Labute approximate surface area is 500 Å². The monoisotopic (exact) mass is 1120 g/mol. The van der Waals surface area contributed by atoms with Crippen LogP contribution >= 0.6 is 0 Å². The number of ether oxygens (including phenoxy) is 3. The lowest BCUT2D eigenvalue weighted by Gasteiger charge is -2.18. The van der Waals surface area contributed by atoms with Gasteiger partial charge in [-0.3, -0.25) is 14.4 Å². The van der Waals surface area contributed by atoms with Crippen molar-refractivity contribution in [3.05, 3.63) is 134 Å². The van der Waals surface area contributed by atoms with Crippen molar-refractivity contribution < 1.29 is 28.6 Å². The average molecular weight is 1120 g/mol. The molecule has 0 aromatic carbocycles. The van der Waals surface area contributed by atoms with Gasteiger partial charge in [-0.15, -0.1) is 0 Å². The minimum atomic E-state index is -0.824. The van der Waals surface area contributed by atoms with Crippen molar-refractivity contribution >= 4 is 17.9 Å². The van der Waals surface area contributed by atoms with Crippen molar-refractivity contribution in [2.75, 3.05) is 13.2 Å². The summed E-state index contributed by atoms with van der Waals surface area (Å²) in [5.41, 5.74) is 0. The van der Waals surface area contributed by atoms with Crippen LogP contribution in [0.25, 0.3) is 0 Å². The standard InChI is InChI=1S/C75H124O6/c1-4-7-10-13-16-19-22-25-28-30-32-33-34-35-36-37-38-39-40-41-43-44-47-50-53-56-59-62-65-68-74(77)80-71-72(70-79-73(76)67-64-61-58-55-52-49-46-27-24-21-18-15-12-9-6-3)81-75(78)69-66-63-60-57-54-51-48-45-42-31-29-26-23-20-17-14-11-8-5-2/h7,9-10,12,16,18-19,21,25-29,32-33,35-36,46,52,55,61,64,72H,4-6,8,11,13-15,17,20,22-24,30-31,34,37-45,47-51,53-54,56-60,62-63,65-71H2,1-3H3/b10-7-,12-9-,19-16-,21-18-,28-25-,29-26-,33-32-,36-35-,46-27-,55-52-,64-61-. The number of allylic oxidation sites excluding steroid dienone is 21. The first kappa shape index (κ1) is 76.5. The molecule has 0 amide bonds. The summed E-state index contributed by atoms with van der Waals surface area (Å²) >= 11 is 0. The third kappa shape index (κ3) is 66.2. The van der Waals surface area contributed by atoms with Gasteiger partial charge in [0.05, 0.1) is 6.42 Å². The summed E-state index contributed by atoms with van der Waals surface area (Å²) < 4.78 is 16.8. The van der Waals surface area contributed by atoms with Crippen molar-refractivity contribution in [1.29, 1.82) is 0 Å². The van der Waals surface area contributed by atoms with Crippen LogP contribution in [0.5, 0.6) is 0 Å². The molecule has 0 aliphatic rings. The van der Waals surface area contributed by atoms with Crippen LogP contribution in [0.4, 0.5) is 0 Å². The maximum absolute atomic E-state index is 12.9. The highest BCUT2D eigenvalue weighted by Gasteiger charge is 2.19. The number of rotatable bonds is 60. The van der Waals surface area contributed by atoms with Crippen molar-refractivity contribution in [2.45, 2.75) is 309 Å². The van der Waals surface area contributed by atoms with E-state index in [0.29, 0.717) is 12.8 Å². The number of carbonyl (C=O) groups is 3. The SMILES string of the molecule is CC/C=C\C/C=C\C/C=C\C/C=C\C/C=C\CCCCCCCCCCCCCCCC(=O)OCC(COC(=O)C/C=C\C/C=C\C/C=C\C/C=C\C/C=C\CC)OC(=O)CCCCCCCCCCC/C=C\CCCCCCCC. The van der Waals surface area contributed by atoms with Gasteiger partial charge < -0.3 is 14.2 Å². The van der Waals surface area contributed by atoms with Gasteiger partial charge in [-0.25, -0.2) is 0 Å². The molecule has 0 bridgehead atoms. The van der Waals surface area contributed by atoms with Gasteiger partial charge in [0, 0.05) is 12.8 Å². The van der Waals surface area contributed by atoms with Gasteiger partial charge >= 0.3 is 17.9 Å². The molecule has 0 saturated heterocycles. The van der Waals surface area contributed by atoms with Gasteiger partial charge in [-0.2, -0.15) is 0 Å². The third-order valence-electron chi connectivity index (χ3n) is 14.2. The smallest absolute Gasteiger partial charge is 0.309 e. The number of hydrogen-bond donors (Lipinski definition) is 0. The molecule has 0 fully saturated rings. The van der Waals surface area contributed by atoms with Crippen molar-refractivity contribution in [1.82, 2.24) is 0 Å². The maximum Gasteiger partial charge on any atom is 0.309 e. The van der Waals surface area contributed by atoms with Crippen LogP contribution in [0.2, 0.25) is 0 Å². The van der Waals surface area contributed by atoms with E-state index in [1.165, 1.54) is 161 Å². The summed E-state index contributed by atoms with van der Waals surface area (Å²) in [7, 11) is 0. The lowest BCUT2D eigenvalue weighted by atomic mass is 10.0. The second-order valence-corrected chi connectivity index (χ2v) is 22.0. The molecule has 6 nitrogen and oxygen atoms in total. The van der Waals surface area contributed by atoms with Gasteiger partial charge in [0.1, 0.15) is 13.2 Å². The van der Waals surface area contributed by atoms with Crippen molar-refractivity contribution in [3.63, 3.8) is 0 Å². The minimum Gasteiger partial charge on any atom is -0.462 e. The molecule has 0 aliphatic heterocycles. The van der Waals surface area contributed by atoms with Crippen LogP contribution in [-0.2, 0) is 28.6 Å². The Morgan fingerprint density at radius 2 is 0.531 bits per heavy atom. The van der Waals surface area contributed by atoms with E-state index in [2.05, 4.69) is 142 Å². The lowest BCUT2D eigenvalue weighted by Crippen LogP contribution is -2.30. The molecule has 460 valence electrons. The first-order chi connectivity index (χ1) is 40.0. The zero-order valence-corrected chi connectivity index (χ0v) is 52.8. The first-order valence-electron chi connectivity index (χ1n) is 33.7. The molecule has 0 aliphatic carbocycles. The molecular weight excluding hydrogens is 997 g/mol. The van der Waals surface area contributed by atoms with Gasteiger partial charge in [-0.1, -0.05) is 302 Å². The van der Waals surface area contributed by atoms with E-state index in [-0.39, 0.29) is 31.6 Å². The molecule has 0 N–H and O–H groups in total. The number of carbonyl (C=O) groups excluding carboxylic acids is 3. The van der Waals surface area contributed by atoms with E-state index in [4.69, 9.17) is 14.2 Å². The summed E-state index contributed by atoms with van der Waals surface area (Å²) in [4.78, 5) is 38.3. The van der Waals surface area contributed by atoms with Crippen LogP contribution in [-0.4, -0.2) is 37.2 Å². The largest absolute Gasteiger partial charge is 0.462 e. The van der Waals surface area contributed by atoms with E-state index in [1.807, 2.05) is 6.08 Å². The second-order valence-electron chi connectivity index (χ2n) is 22.0. The molecule has 0 radical (unpaired) electrons. The predicted molar refractivity (Wildman–Crippen MR) is 353 cm³/mol. The number of esters is 3. The maximum atomic E-state index is 12.9. The summed E-state index contributed by atoms with van der Waals surface area (Å²) in [6.07, 6.45) is 96.4. The molecule has 0 heterocycles. The molecule has 0 aromatic heterocycles. The fourth-order valence-electron chi connectivity index (χ4n) is 9.19. The summed E-state index contributed by atoms with van der Waals surface area (Å²) in [6.45, 7) is 6.34. The van der Waals surface area contributed by atoms with E-state index >= 15 is 0 Å². The zero-order valence-electron chi connectivity index (χ0n) is 52.8. The summed E-state index contributed by atoms with van der Waals surface area (Å²) in [5, 5.41) is 0. The minimum absolute atomic E-state index is 0.111. The van der Waals surface area contributed by atoms with E-state index in [9.17, 15) is 14.4 Å². The van der Waals surface area contributed by atoms with Gasteiger partial charge in [0.15, 0.2) is 6.10 Å². The average Bonchev–Trinajstić information content (AvgIpc) is 3.47. The second kappa shape index (κ2) is 68.1. The summed E-state index contributed by atoms with van der Waals surface area (Å²) in [6, 6.07) is 0. The zero-order chi connectivity index (χ0) is 58.5. The van der Waals surface area contributed by atoms with Gasteiger partial charge in [0.2, 0.25) is 0 Å². The fraction of sp³-hybridized carbons (Fsp3) is 0.667. The van der Waals surface area contributed by atoms with Crippen LogP contribution in [0, 0.1) is 0 Å². The summed E-state index contributed by atoms with van der Waals surface area (Å²) in [5.74, 6) is -1.04. The van der Waals surface area contributed by atoms with E-state index in [1.54, 1.807) is 6.08 Å². The Morgan fingerprint density at radius 3 is 0.877 bits per heavy atom. The fourth-order valence-corrected chi connectivity index (χ4v) is 9.19. The molecule has 0 rings (SSSR count). The Balaban J connectivity index is 4.36. The van der Waals surface area contributed by atoms with E-state index < -0.39 is 12.1 Å². The molecule has 0 spiro atoms. The van der Waals surface area contributed by atoms with Crippen LogP contribution < -0.4 is 0 Å². The van der Waals surface area contributed by atoms with Crippen molar-refractivity contribution in [3.8, 4) is 0 Å². The third-order valence-corrected chi connectivity index (χ3v) is 14.2. The van der Waals surface area contributed by atoms with Crippen LogP contribution in [0.3, 0.4) is 0 Å². The Hall–Kier alpha value is -4.45. The van der Waals surface area contributed by atoms with Gasteiger partial charge in [-0.05, 0) is 116 Å². The lowest BCUT2D eigenvalue weighted by molar-refractivity contribution is -0.166. The Morgan fingerprint density at radius 1 is 0.272 bits per heavy atom. The first-order valence-corrected chi connectivity index (χ1v) is 33.7. The molecule has 1 unspecified atom stereocenters. The van der Waals surface area contributed by atoms with Gasteiger partial charge in [0.25, 0.3) is 0 Å². The quantitative estimate of drug-likeness (QED) is 0.0261. The van der Waals surface area contributed by atoms with Crippen LogP contribution in [0.15, 0.2) is 134 Å². The van der Waals surface area contributed by atoms with Crippen molar-refractivity contribution in [2.24, 2.45) is 0 Å². The molecule has 6 heteroatoms. The molecule has 0 saturated carbocycles. The Bertz CT molecular complexity index is 1720. The highest BCUT2D eigenvalue weighted by molar-refractivity contribution is 5.72. The topological polar surface area (TPSA) is 78.9 Å². The molecule has 0 aromatic rings. The Kier molecular flexibility index (Phi) is 64.3. The van der Waals surface area contributed by atoms with E-state index in [0.717, 1.165) is 103 Å². The highest BCUT2D eigenvalue weighted by Crippen LogP contribution is 2.16. The number of unbranched alkanes of at least 4 members (excludes halogenated alkanes) is 28.